The van der Waals surface area contributed by atoms with E-state index < -0.39 is 0 Å². The quantitative estimate of drug-likeness (QED) is 0.617. The molecule has 11 heavy (non-hydrogen) atoms. The lowest BCUT2D eigenvalue weighted by Gasteiger charge is -2.29. The van der Waals surface area contributed by atoms with Crippen molar-refractivity contribution in [1.29, 1.82) is 0 Å². The molecule has 0 bridgehead atoms. The summed E-state index contributed by atoms with van der Waals surface area (Å²) in [5, 5.41) is 3.15. The van der Waals surface area contributed by atoms with E-state index in [0.717, 1.165) is 12.8 Å². The van der Waals surface area contributed by atoms with Crippen LogP contribution in [0.3, 0.4) is 0 Å². The molecule has 0 radical (unpaired) electrons. The van der Waals surface area contributed by atoms with Gasteiger partial charge in [-0.15, -0.1) is 0 Å². The van der Waals surface area contributed by atoms with Crippen LogP contribution in [-0.2, 0) is 4.79 Å². The highest BCUT2D eigenvalue weighted by Gasteiger charge is 2.25. The number of primary amides is 1. The SMILES string of the molecule is CCC(CC)(CC(N)=O)NC. The summed E-state index contributed by atoms with van der Waals surface area (Å²) in [7, 11) is 1.87. The molecule has 0 spiro atoms. The second-order valence-corrected chi connectivity index (χ2v) is 2.88. The molecule has 0 aromatic carbocycles. The fourth-order valence-electron chi connectivity index (χ4n) is 1.28. The molecular weight excluding hydrogens is 140 g/mol. The zero-order valence-corrected chi connectivity index (χ0v) is 7.61. The molecule has 0 unspecified atom stereocenters. The minimum atomic E-state index is -0.233. The summed E-state index contributed by atoms with van der Waals surface area (Å²) in [6.07, 6.45) is 2.29. The molecule has 0 aliphatic rings. The minimum Gasteiger partial charge on any atom is -0.370 e. The van der Waals surface area contributed by atoms with Gasteiger partial charge in [0.1, 0.15) is 0 Å². The van der Waals surface area contributed by atoms with E-state index in [1.54, 1.807) is 0 Å². The van der Waals surface area contributed by atoms with E-state index in [1.165, 1.54) is 0 Å². The maximum absolute atomic E-state index is 10.7. The van der Waals surface area contributed by atoms with Crippen molar-refractivity contribution in [3.8, 4) is 0 Å². The number of hydrogen-bond acceptors (Lipinski definition) is 2. The summed E-state index contributed by atoms with van der Waals surface area (Å²) in [5.41, 5.74) is 5.05. The van der Waals surface area contributed by atoms with Gasteiger partial charge in [0.2, 0.25) is 5.91 Å². The molecule has 0 aliphatic heterocycles. The van der Waals surface area contributed by atoms with Gasteiger partial charge in [-0.2, -0.15) is 0 Å². The number of nitrogens with one attached hydrogen (secondary N) is 1. The Bertz CT molecular complexity index is 122. The van der Waals surface area contributed by atoms with E-state index in [-0.39, 0.29) is 11.4 Å². The van der Waals surface area contributed by atoms with Crippen LogP contribution in [0.15, 0.2) is 0 Å². The Labute approximate surface area is 68.3 Å². The Morgan fingerprint density at radius 1 is 1.45 bits per heavy atom. The van der Waals surface area contributed by atoms with E-state index in [2.05, 4.69) is 19.2 Å². The summed E-state index contributed by atoms with van der Waals surface area (Å²) in [4.78, 5) is 10.7. The number of rotatable bonds is 5. The van der Waals surface area contributed by atoms with Gasteiger partial charge in [-0.05, 0) is 19.9 Å². The van der Waals surface area contributed by atoms with Crippen molar-refractivity contribution in [3.63, 3.8) is 0 Å². The van der Waals surface area contributed by atoms with Crippen LogP contribution < -0.4 is 11.1 Å². The molecular formula is C8H18N2O. The third-order valence-corrected chi connectivity index (χ3v) is 2.40. The lowest BCUT2D eigenvalue weighted by molar-refractivity contribution is -0.119. The molecule has 0 saturated carbocycles. The van der Waals surface area contributed by atoms with Gasteiger partial charge in [0.15, 0.2) is 0 Å². The molecule has 0 fully saturated rings. The highest BCUT2D eigenvalue weighted by atomic mass is 16.1. The average molecular weight is 158 g/mol. The molecule has 0 aliphatic carbocycles. The van der Waals surface area contributed by atoms with Gasteiger partial charge >= 0.3 is 0 Å². The second-order valence-electron chi connectivity index (χ2n) is 2.88. The lowest BCUT2D eigenvalue weighted by Crippen LogP contribution is -2.44. The predicted octanol–water partition coefficient (Wildman–Crippen LogP) is 0.640. The minimum absolute atomic E-state index is 0.0775. The molecule has 0 saturated heterocycles. The maximum Gasteiger partial charge on any atom is 0.219 e. The summed E-state index contributed by atoms with van der Waals surface area (Å²) in [6, 6.07) is 0. The van der Waals surface area contributed by atoms with Crippen molar-refractivity contribution in [2.45, 2.75) is 38.6 Å². The molecule has 3 nitrogen and oxygen atoms in total. The van der Waals surface area contributed by atoms with Crippen LogP contribution in [0.4, 0.5) is 0 Å². The van der Waals surface area contributed by atoms with Crippen LogP contribution >= 0.6 is 0 Å². The van der Waals surface area contributed by atoms with Gasteiger partial charge in [0.05, 0.1) is 0 Å². The first-order valence-electron chi connectivity index (χ1n) is 4.07. The Hall–Kier alpha value is -0.570. The van der Waals surface area contributed by atoms with E-state index in [4.69, 9.17) is 5.73 Å². The second kappa shape index (κ2) is 4.34. The van der Waals surface area contributed by atoms with Crippen molar-refractivity contribution in [2.75, 3.05) is 7.05 Å². The van der Waals surface area contributed by atoms with Crippen LogP contribution in [0, 0.1) is 0 Å². The summed E-state index contributed by atoms with van der Waals surface area (Å²) < 4.78 is 0. The number of carbonyl (C=O) groups excluding carboxylic acids is 1. The molecule has 0 aromatic heterocycles. The number of amides is 1. The lowest BCUT2D eigenvalue weighted by atomic mass is 9.89. The van der Waals surface area contributed by atoms with Gasteiger partial charge in [0, 0.05) is 12.0 Å². The van der Waals surface area contributed by atoms with E-state index in [0.29, 0.717) is 6.42 Å². The van der Waals surface area contributed by atoms with Crippen LogP contribution in [0.2, 0.25) is 0 Å². The fraction of sp³-hybridized carbons (Fsp3) is 0.875. The number of hydrogen-bond donors (Lipinski definition) is 2. The van der Waals surface area contributed by atoms with Crippen molar-refractivity contribution < 1.29 is 4.79 Å². The zero-order chi connectivity index (χ0) is 8.91. The van der Waals surface area contributed by atoms with Crippen molar-refractivity contribution in [2.24, 2.45) is 5.73 Å². The van der Waals surface area contributed by atoms with E-state index in [9.17, 15) is 4.79 Å². The Kier molecular flexibility index (Phi) is 4.11. The first-order valence-corrected chi connectivity index (χ1v) is 4.07. The fourth-order valence-corrected chi connectivity index (χ4v) is 1.28. The molecule has 0 heterocycles. The predicted molar refractivity (Wildman–Crippen MR) is 46.2 cm³/mol. The Balaban J connectivity index is 4.16. The van der Waals surface area contributed by atoms with Crippen LogP contribution in [0.25, 0.3) is 0 Å². The van der Waals surface area contributed by atoms with Crippen molar-refractivity contribution in [1.82, 2.24) is 5.32 Å². The van der Waals surface area contributed by atoms with Gasteiger partial charge in [-0.25, -0.2) is 0 Å². The van der Waals surface area contributed by atoms with Crippen LogP contribution in [0.5, 0.6) is 0 Å². The third-order valence-electron chi connectivity index (χ3n) is 2.40. The largest absolute Gasteiger partial charge is 0.370 e. The zero-order valence-electron chi connectivity index (χ0n) is 7.61. The molecule has 0 aromatic rings. The number of nitrogens with two attached hydrogens (primary N) is 1. The molecule has 3 N–H and O–H groups in total. The first-order chi connectivity index (χ1) is 5.10. The van der Waals surface area contributed by atoms with E-state index >= 15 is 0 Å². The third kappa shape index (κ3) is 2.89. The monoisotopic (exact) mass is 158 g/mol. The normalized spacial score (nSPS) is 11.5. The van der Waals surface area contributed by atoms with Gasteiger partial charge in [-0.1, -0.05) is 13.8 Å². The van der Waals surface area contributed by atoms with Crippen LogP contribution in [0.1, 0.15) is 33.1 Å². The van der Waals surface area contributed by atoms with E-state index in [1.807, 2.05) is 7.05 Å². The van der Waals surface area contributed by atoms with Gasteiger partial charge in [-0.3, -0.25) is 4.79 Å². The highest BCUT2D eigenvalue weighted by Crippen LogP contribution is 2.18. The molecule has 66 valence electrons. The summed E-state index contributed by atoms with van der Waals surface area (Å²) >= 11 is 0. The first kappa shape index (κ1) is 10.4. The smallest absolute Gasteiger partial charge is 0.219 e. The van der Waals surface area contributed by atoms with Crippen molar-refractivity contribution >= 4 is 5.91 Å². The Morgan fingerprint density at radius 3 is 2.00 bits per heavy atom. The van der Waals surface area contributed by atoms with Gasteiger partial charge < -0.3 is 11.1 Å². The van der Waals surface area contributed by atoms with Gasteiger partial charge in [0.25, 0.3) is 0 Å². The Morgan fingerprint density at radius 2 is 1.91 bits per heavy atom. The average Bonchev–Trinajstić information content (AvgIpc) is 2.00. The van der Waals surface area contributed by atoms with Crippen molar-refractivity contribution in [3.05, 3.63) is 0 Å². The molecule has 0 rings (SSSR count). The highest BCUT2D eigenvalue weighted by molar-refractivity contribution is 5.75. The topological polar surface area (TPSA) is 55.1 Å². The summed E-state index contributed by atoms with van der Waals surface area (Å²) in [6.45, 7) is 4.12. The number of carbonyl (C=O) groups is 1. The standard InChI is InChI=1S/C8H18N2O/c1-4-8(5-2,10-3)6-7(9)11/h10H,4-6H2,1-3H3,(H2,9,11). The summed E-state index contributed by atoms with van der Waals surface area (Å²) in [5.74, 6) is -0.233. The molecule has 0 atom stereocenters. The molecule has 3 heteroatoms. The molecule has 1 amide bonds. The maximum atomic E-state index is 10.7. The van der Waals surface area contributed by atoms with Crippen LogP contribution in [-0.4, -0.2) is 18.5 Å².